The minimum absolute atomic E-state index is 0.480. The standard InChI is InChI=1S/C8H6ClNO2S/c9-7(11)10-8(12)13-6-4-2-1-3-5-6/h1-5H,(H,10,11,12). The van der Waals surface area contributed by atoms with Crippen LogP contribution in [-0.4, -0.2) is 10.6 Å². The van der Waals surface area contributed by atoms with Crippen LogP contribution in [-0.2, 0) is 0 Å². The van der Waals surface area contributed by atoms with Crippen LogP contribution < -0.4 is 5.32 Å². The molecule has 0 aliphatic rings. The Bertz CT molecular complexity index is 315. The molecule has 0 fully saturated rings. The van der Waals surface area contributed by atoms with Crippen molar-refractivity contribution >= 4 is 34.0 Å². The molecule has 0 bridgehead atoms. The second-order valence-electron chi connectivity index (χ2n) is 2.10. The topological polar surface area (TPSA) is 46.2 Å². The molecule has 68 valence electrons. The third-order valence-electron chi connectivity index (χ3n) is 1.15. The van der Waals surface area contributed by atoms with Gasteiger partial charge in [0.25, 0.3) is 5.24 Å². The van der Waals surface area contributed by atoms with E-state index in [0.29, 0.717) is 0 Å². The number of hydrogen-bond acceptors (Lipinski definition) is 3. The lowest BCUT2D eigenvalue weighted by atomic mass is 10.4. The van der Waals surface area contributed by atoms with E-state index in [1.54, 1.807) is 24.3 Å². The van der Waals surface area contributed by atoms with Gasteiger partial charge in [0, 0.05) is 4.90 Å². The first-order valence-electron chi connectivity index (χ1n) is 3.42. The SMILES string of the molecule is O=C(Cl)NC(=O)Sc1ccccc1. The fourth-order valence-electron chi connectivity index (χ4n) is 0.701. The number of imide groups is 1. The highest BCUT2D eigenvalue weighted by atomic mass is 35.5. The van der Waals surface area contributed by atoms with E-state index in [4.69, 9.17) is 11.6 Å². The summed E-state index contributed by atoms with van der Waals surface area (Å²) in [4.78, 5) is 22.0. The summed E-state index contributed by atoms with van der Waals surface area (Å²) >= 11 is 5.87. The van der Waals surface area contributed by atoms with Crippen LogP contribution in [0, 0.1) is 0 Å². The second kappa shape index (κ2) is 4.89. The lowest BCUT2D eigenvalue weighted by Gasteiger charge is -1.98. The second-order valence-corrected chi connectivity index (χ2v) is 3.49. The minimum atomic E-state index is -0.867. The van der Waals surface area contributed by atoms with Crippen LogP contribution in [0.1, 0.15) is 0 Å². The third kappa shape index (κ3) is 3.96. The van der Waals surface area contributed by atoms with Gasteiger partial charge in [-0.1, -0.05) is 18.2 Å². The Hall–Kier alpha value is -1.00. The van der Waals surface area contributed by atoms with Gasteiger partial charge in [-0.15, -0.1) is 0 Å². The highest BCUT2D eigenvalue weighted by Crippen LogP contribution is 2.17. The molecule has 0 saturated carbocycles. The van der Waals surface area contributed by atoms with E-state index in [2.05, 4.69) is 0 Å². The molecule has 0 heterocycles. The first kappa shape index (κ1) is 10.1. The van der Waals surface area contributed by atoms with Gasteiger partial charge in [0.2, 0.25) is 0 Å². The number of carbonyl (C=O) groups is 2. The molecule has 0 aliphatic heterocycles. The summed E-state index contributed by atoms with van der Waals surface area (Å²) in [6.45, 7) is 0. The molecule has 2 amide bonds. The zero-order chi connectivity index (χ0) is 9.68. The van der Waals surface area contributed by atoms with Crippen LogP contribution in [0.4, 0.5) is 9.59 Å². The van der Waals surface area contributed by atoms with Crippen molar-refractivity contribution in [2.45, 2.75) is 4.90 Å². The van der Waals surface area contributed by atoms with Gasteiger partial charge in [-0.2, -0.15) is 0 Å². The van der Waals surface area contributed by atoms with E-state index < -0.39 is 10.6 Å². The fourth-order valence-corrected chi connectivity index (χ4v) is 1.49. The average Bonchev–Trinajstić information content (AvgIpc) is 2.04. The average molecular weight is 216 g/mol. The molecule has 0 aliphatic carbocycles. The Kier molecular flexibility index (Phi) is 3.79. The van der Waals surface area contributed by atoms with E-state index in [0.717, 1.165) is 16.7 Å². The number of benzene rings is 1. The van der Waals surface area contributed by atoms with Crippen LogP contribution in [0.25, 0.3) is 0 Å². The molecule has 1 N–H and O–H groups in total. The number of halogens is 1. The molecule has 1 aromatic carbocycles. The van der Waals surface area contributed by atoms with Gasteiger partial charge in [0.15, 0.2) is 0 Å². The molecular formula is C8H6ClNO2S. The van der Waals surface area contributed by atoms with Crippen molar-refractivity contribution in [1.29, 1.82) is 0 Å². The zero-order valence-electron chi connectivity index (χ0n) is 6.49. The van der Waals surface area contributed by atoms with E-state index >= 15 is 0 Å². The van der Waals surface area contributed by atoms with Crippen molar-refractivity contribution in [2.75, 3.05) is 0 Å². The third-order valence-corrected chi connectivity index (χ3v) is 2.04. The summed E-state index contributed by atoms with van der Waals surface area (Å²) in [7, 11) is 0. The van der Waals surface area contributed by atoms with Gasteiger partial charge in [-0.05, 0) is 35.5 Å². The van der Waals surface area contributed by atoms with Crippen molar-refractivity contribution in [2.24, 2.45) is 0 Å². The molecule has 5 heteroatoms. The molecule has 0 atom stereocenters. The van der Waals surface area contributed by atoms with Gasteiger partial charge < -0.3 is 0 Å². The largest absolute Gasteiger partial charge is 0.321 e. The Labute approximate surface area is 84.5 Å². The first-order chi connectivity index (χ1) is 6.18. The lowest BCUT2D eigenvalue weighted by Crippen LogP contribution is -2.20. The van der Waals surface area contributed by atoms with Crippen LogP contribution in [0.5, 0.6) is 0 Å². The van der Waals surface area contributed by atoms with Crippen molar-refractivity contribution in [3.8, 4) is 0 Å². The quantitative estimate of drug-likeness (QED) is 0.445. The molecule has 0 radical (unpaired) electrons. The zero-order valence-corrected chi connectivity index (χ0v) is 8.06. The summed E-state index contributed by atoms with van der Waals surface area (Å²) < 4.78 is 0. The number of amides is 2. The molecular weight excluding hydrogens is 210 g/mol. The van der Waals surface area contributed by atoms with Crippen molar-refractivity contribution in [3.05, 3.63) is 30.3 Å². The predicted octanol–water partition coefficient (Wildman–Crippen LogP) is 2.85. The van der Waals surface area contributed by atoms with Gasteiger partial charge >= 0.3 is 5.37 Å². The van der Waals surface area contributed by atoms with Crippen LogP contribution in [0.3, 0.4) is 0 Å². The first-order valence-corrected chi connectivity index (χ1v) is 4.61. The number of nitrogens with one attached hydrogen (secondary N) is 1. The smallest absolute Gasteiger partial charge is 0.273 e. The molecule has 0 spiro atoms. The molecule has 0 saturated heterocycles. The Morgan fingerprint density at radius 3 is 2.38 bits per heavy atom. The van der Waals surface area contributed by atoms with Crippen LogP contribution in [0.15, 0.2) is 35.2 Å². The predicted molar refractivity (Wildman–Crippen MR) is 52.1 cm³/mol. The number of hydrogen-bond donors (Lipinski definition) is 1. The molecule has 13 heavy (non-hydrogen) atoms. The fraction of sp³-hybridized carbons (Fsp3) is 0. The highest BCUT2D eigenvalue weighted by molar-refractivity contribution is 8.13. The van der Waals surface area contributed by atoms with Crippen LogP contribution in [0.2, 0.25) is 0 Å². The van der Waals surface area contributed by atoms with E-state index in [1.165, 1.54) is 0 Å². The maximum atomic E-state index is 11.0. The molecule has 1 aromatic rings. The number of carbonyl (C=O) groups excluding carboxylic acids is 2. The van der Waals surface area contributed by atoms with Gasteiger partial charge in [-0.3, -0.25) is 14.9 Å². The monoisotopic (exact) mass is 215 g/mol. The summed E-state index contributed by atoms with van der Waals surface area (Å²) in [6.07, 6.45) is 0. The molecule has 0 aromatic heterocycles. The molecule has 3 nitrogen and oxygen atoms in total. The van der Waals surface area contributed by atoms with Gasteiger partial charge in [-0.25, -0.2) is 0 Å². The van der Waals surface area contributed by atoms with Crippen molar-refractivity contribution < 1.29 is 9.59 Å². The Morgan fingerprint density at radius 2 is 1.85 bits per heavy atom. The van der Waals surface area contributed by atoms with Crippen LogP contribution >= 0.6 is 23.4 Å². The van der Waals surface area contributed by atoms with Gasteiger partial charge in [0.05, 0.1) is 0 Å². The number of rotatable bonds is 1. The van der Waals surface area contributed by atoms with Crippen molar-refractivity contribution in [3.63, 3.8) is 0 Å². The summed E-state index contributed by atoms with van der Waals surface area (Å²) in [6, 6.07) is 8.98. The lowest BCUT2D eigenvalue weighted by molar-refractivity contribution is 0.250. The van der Waals surface area contributed by atoms with E-state index in [-0.39, 0.29) is 0 Å². The van der Waals surface area contributed by atoms with E-state index in [9.17, 15) is 9.59 Å². The van der Waals surface area contributed by atoms with Gasteiger partial charge in [0.1, 0.15) is 0 Å². The molecule has 1 rings (SSSR count). The summed E-state index contributed by atoms with van der Waals surface area (Å²) in [5, 5.41) is 0.594. The maximum absolute atomic E-state index is 11.0. The summed E-state index contributed by atoms with van der Waals surface area (Å²) in [5.74, 6) is 0. The van der Waals surface area contributed by atoms with E-state index in [1.807, 2.05) is 11.4 Å². The Balaban J connectivity index is 2.50. The number of thioether (sulfide) groups is 1. The van der Waals surface area contributed by atoms with Crippen molar-refractivity contribution in [1.82, 2.24) is 5.32 Å². The minimum Gasteiger partial charge on any atom is -0.273 e. The Morgan fingerprint density at radius 1 is 1.23 bits per heavy atom. The highest BCUT2D eigenvalue weighted by Gasteiger charge is 2.05. The summed E-state index contributed by atoms with van der Waals surface area (Å²) in [5.41, 5.74) is 0. The molecule has 0 unspecified atom stereocenters. The maximum Gasteiger partial charge on any atom is 0.321 e. The normalized spacial score (nSPS) is 9.31.